The maximum absolute atomic E-state index is 12.0. The fourth-order valence-electron chi connectivity index (χ4n) is 2.05. The van der Waals surface area contributed by atoms with Gasteiger partial charge in [-0.25, -0.2) is 0 Å². The summed E-state index contributed by atoms with van der Waals surface area (Å²) < 4.78 is 11.5. The van der Waals surface area contributed by atoms with E-state index < -0.39 is 0 Å². The number of carbonyl (C=O) groups excluding carboxylic acids is 1. The molecular weight excluding hydrogens is 390 g/mol. The Morgan fingerprint density at radius 3 is 2.29 bits per heavy atom. The van der Waals surface area contributed by atoms with Gasteiger partial charge in [-0.2, -0.15) is 0 Å². The average Bonchev–Trinajstić information content (AvgIpc) is 2.61. The number of nitrogens with one attached hydrogen (secondary N) is 1. The SMILES string of the molecule is COc1cc(CNC(=O)CCSc2ccc(Br)cc2)cc(OC)c1. The van der Waals surface area contributed by atoms with E-state index in [1.165, 1.54) is 0 Å². The van der Waals surface area contributed by atoms with Gasteiger partial charge in [0.15, 0.2) is 0 Å². The van der Waals surface area contributed by atoms with Crippen molar-refractivity contribution < 1.29 is 14.3 Å². The minimum Gasteiger partial charge on any atom is -0.497 e. The second-order valence-electron chi connectivity index (χ2n) is 5.05. The van der Waals surface area contributed by atoms with E-state index in [0.717, 1.165) is 20.7 Å². The summed E-state index contributed by atoms with van der Waals surface area (Å²) in [6, 6.07) is 13.7. The summed E-state index contributed by atoms with van der Waals surface area (Å²) in [5, 5.41) is 2.93. The molecule has 0 aliphatic heterocycles. The lowest BCUT2D eigenvalue weighted by Crippen LogP contribution is -2.23. The van der Waals surface area contributed by atoms with Crippen LogP contribution < -0.4 is 14.8 Å². The van der Waals surface area contributed by atoms with Crippen molar-refractivity contribution in [3.63, 3.8) is 0 Å². The van der Waals surface area contributed by atoms with E-state index in [9.17, 15) is 4.79 Å². The highest BCUT2D eigenvalue weighted by molar-refractivity contribution is 9.10. The van der Waals surface area contributed by atoms with Crippen molar-refractivity contribution in [2.24, 2.45) is 0 Å². The highest BCUT2D eigenvalue weighted by Gasteiger charge is 2.05. The molecule has 0 aliphatic rings. The van der Waals surface area contributed by atoms with Gasteiger partial charge in [0.1, 0.15) is 11.5 Å². The van der Waals surface area contributed by atoms with Crippen molar-refractivity contribution in [3.8, 4) is 11.5 Å². The summed E-state index contributed by atoms with van der Waals surface area (Å²) in [6.07, 6.45) is 0.474. The van der Waals surface area contributed by atoms with Crippen LogP contribution in [-0.2, 0) is 11.3 Å². The van der Waals surface area contributed by atoms with Crippen LogP contribution in [0.2, 0.25) is 0 Å². The maximum atomic E-state index is 12.0. The van der Waals surface area contributed by atoms with Crippen molar-refractivity contribution >= 4 is 33.6 Å². The molecular formula is C18H20BrNO3S. The first kappa shape index (κ1) is 18.7. The Hall–Kier alpha value is -1.66. The normalized spacial score (nSPS) is 10.3. The second kappa shape index (κ2) is 9.59. The number of halogens is 1. The van der Waals surface area contributed by atoms with Gasteiger partial charge in [0, 0.05) is 34.2 Å². The maximum Gasteiger partial charge on any atom is 0.221 e. The van der Waals surface area contributed by atoms with Gasteiger partial charge in [-0.1, -0.05) is 15.9 Å². The highest BCUT2D eigenvalue weighted by Crippen LogP contribution is 2.23. The molecule has 24 heavy (non-hydrogen) atoms. The molecule has 4 nitrogen and oxygen atoms in total. The van der Waals surface area contributed by atoms with Gasteiger partial charge in [-0.15, -0.1) is 11.8 Å². The molecule has 0 heterocycles. The van der Waals surface area contributed by atoms with Gasteiger partial charge in [0.05, 0.1) is 14.2 Å². The summed E-state index contributed by atoms with van der Waals surface area (Å²) in [7, 11) is 3.22. The third-order valence-corrected chi connectivity index (χ3v) is 4.85. The first-order valence-corrected chi connectivity index (χ1v) is 9.25. The third kappa shape index (κ3) is 6.09. The first-order chi connectivity index (χ1) is 11.6. The molecule has 0 atom stereocenters. The van der Waals surface area contributed by atoms with Crippen LogP contribution in [-0.4, -0.2) is 25.9 Å². The van der Waals surface area contributed by atoms with Crippen LogP contribution in [0.5, 0.6) is 11.5 Å². The van der Waals surface area contributed by atoms with E-state index in [1.807, 2.05) is 36.4 Å². The molecule has 0 spiro atoms. The van der Waals surface area contributed by atoms with Crippen molar-refractivity contribution in [1.29, 1.82) is 0 Å². The number of thioether (sulfide) groups is 1. The Morgan fingerprint density at radius 1 is 1.08 bits per heavy atom. The zero-order valence-corrected chi connectivity index (χ0v) is 16.1. The number of methoxy groups -OCH3 is 2. The summed E-state index contributed by atoms with van der Waals surface area (Å²) in [4.78, 5) is 13.1. The number of hydrogen-bond donors (Lipinski definition) is 1. The minimum atomic E-state index is 0.0291. The lowest BCUT2D eigenvalue weighted by molar-refractivity contribution is -0.120. The van der Waals surface area contributed by atoms with E-state index in [4.69, 9.17) is 9.47 Å². The van der Waals surface area contributed by atoms with Gasteiger partial charge in [0.25, 0.3) is 0 Å². The zero-order chi connectivity index (χ0) is 17.4. The van der Waals surface area contributed by atoms with Crippen molar-refractivity contribution in [2.45, 2.75) is 17.9 Å². The zero-order valence-electron chi connectivity index (χ0n) is 13.7. The van der Waals surface area contributed by atoms with Crippen LogP contribution in [0.15, 0.2) is 51.8 Å². The molecule has 1 N–H and O–H groups in total. The number of carbonyl (C=O) groups is 1. The van der Waals surface area contributed by atoms with E-state index in [0.29, 0.717) is 24.5 Å². The summed E-state index contributed by atoms with van der Waals surface area (Å²) >= 11 is 5.08. The number of hydrogen-bond acceptors (Lipinski definition) is 4. The van der Waals surface area contributed by atoms with Crippen LogP contribution in [0.1, 0.15) is 12.0 Å². The molecule has 1 amide bonds. The van der Waals surface area contributed by atoms with E-state index in [-0.39, 0.29) is 5.91 Å². The first-order valence-electron chi connectivity index (χ1n) is 7.47. The monoisotopic (exact) mass is 409 g/mol. The molecule has 2 aromatic carbocycles. The molecule has 0 unspecified atom stereocenters. The fraction of sp³-hybridized carbons (Fsp3) is 0.278. The predicted octanol–water partition coefficient (Wildman–Crippen LogP) is 4.26. The van der Waals surface area contributed by atoms with Crippen molar-refractivity contribution in [3.05, 3.63) is 52.5 Å². The van der Waals surface area contributed by atoms with Crippen molar-refractivity contribution in [2.75, 3.05) is 20.0 Å². The summed E-state index contributed by atoms with van der Waals surface area (Å²) in [6.45, 7) is 0.454. The predicted molar refractivity (Wildman–Crippen MR) is 101 cm³/mol. The molecule has 6 heteroatoms. The molecule has 0 saturated carbocycles. The Morgan fingerprint density at radius 2 is 1.71 bits per heavy atom. The summed E-state index contributed by atoms with van der Waals surface area (Å²) in [5.41, 5.74) is 0.945. The molecule has 0 aliphatic carbocycles. The average molecular weight is 410 g/mol. The van der Waals surface area contributed by atoms with Crippen LogP contribution in [0, 0.1) is 0 Å². The minimum absolute atomic E-state index is 0.0291. The van der Waals surface area contributed by atoms with E-state index in [1.54, 1.807) is 32.0 Å². The second-order valence-corrected chi connectivity index (χ2v) is 7.13. The number of benzene rings is 2. The summed E-state index contributed by atoms with van der Waals surface area (Å²) in [5.74, 6) is 2.20. The molecule has 2 rings (SSSR count). The van der Waals surface area contributed by atoms with Gasteiger partial charge < -0.3 is 14.8 Å². The standard InChI is InChI=1S/C18H20BrNO3S/c1-22-15-9-13(10-16(11-15)23-2)12-20-18(21)7-8-24-17-5-3-14(19)4-6-17/h3-6,9-11H,7-8,12H2,1-2H3,(H,20,21). The van der Waals surface area contributed by atoms with Crippen LogP contribution in [0.4, 0.5) is 0 Å². The molecule has 0 saturated heterocycles. The largest absolute Gasteiger partial charge is 0.497 e. The fourth-order valence-corrected chi connectivity index (χ4v) is 3.17. The number of ether oxygens (including phenoxy) is 2. The quantitative estimate of drug-likeness (QED) is 0.661. The third-order valence-electron chi connectivity index (χ3n) is 3.31. The van der Waals surface area contributed by atoms with Gasteiger partial charge >= 0.3 is 0 Å². The molecule has 0 fully saturated rings. The van der Waals surface area contributed by atoms with Crippen LogP contribution in [0.25, 0.3) is 0 Å². The van der Waals surface area contributed by atoms with E-state index in [2.05, 4.69) is 21.2 Å². The topological polar surface area (TPSA) is 47.6 Å². The molecule has 2 aromatic rings. The van der Waals surface area contributed by atoms with Gasteiger partial charge in [-0.3, -0.25) is 4.79 Å². The molecule has 128 valence electrons. The van der Waals surface area contributed by atoms with Crippen LogP contribution in [0.3, 0.4) is 0 Å². The Bertz CT molecular complexity index is 654. The number of rotatable bonds is 8. The van der Waals surface area contributed by atoms with Crippen LogP contribution >= 0.6 is 27.7 Å². The van der Waals surface area contributed by atoms with E-state index >= 15 is 0 Å². The van der Waals surface area contributed by atoms with Gasteiger partial charge in [0.2, 0.25) is 5.91 Å². The van der Waals surface area contributed by atoms with Gasteiger partial charge in [-0.05, 0) is 42.0 Å². The smallest absolute Gasteiger partial charge is 0.221 e. The molecule has 0 bridgehead atoms. The Kier molecular flexibility index (Phi) is 7.46. The lowest BCUT2D eigenvalue weighted by atomic mass is 10.2. The Balaban J connectivity index is 1.77. The highest BCUT2D eigenvalue weighted by atomic mass is 79.9. The lowest BCUT2D eigenvalue weighted by Gasteiger charge is -2.09. The number of amides is 1. The molecule has 0 aromatic heterocycles. The Labute approximate surface area is 155 Å². The molecule has 0 radical (unpaired) electrons. The van der Waals surface area contributed by atoms with Crippen molar-refractivity contribution in [1.82, 2.24) is 5.32 Å².